The highest BCUT2D eigenvalue weighted by Crippen LogP contribution is 2.14. The van der Waals surface area contributed by atoms with Gasteiger partial charge in [-0.2, -0.15) is 0 Å². The lowest BCUT2D eigenvalue weighted by atomic mass is 10.1. The Morgan fingerprint density at radius 1 is 0.880 bits per heavy atom. The second-order valence-electron chi connectivity index (χ2n) is 6.17. The lowest BCUT2D eigenvalue weighted by Crippen LogP contribution is -2.11. The minimum Gasteiger partial charge on any atom is -0.459 e. The van der Waals surface area contributed by atoms with Gasteiger partial charge < -0.3 is 14.4 Å². The maximum Gasteiger partial charge on any atom is 0.338 e. The Morgan fingerprint density at radius 3 is 1.92 bits per heavy atom. The van der Waals surface area contributed by atoms with E-state index in [-0.39, 0.29) is 24.6 Å². The maximum absolute atomic E-state index is 12.1. The Bertz CT molecular complexity index is 718. The lowest BCUT2D eigenvalue weighted by molar-refractivity contribution is 0.0376. The zero-order valence-corrected chi connectivity index (χ0v) is 15.0. The molecule has 0 spiro atoms. The van der Waals surface area contributed by atoms with Crippen molar-refractivity contribution in [2.75, 3.05) is 19.0 Å². The van der Waals surface area contributed by atoms with Crippen LogP contribution in [0, 0.1) is 0 Å². The normalized spacial score (nSPS) is 10.4. The summed E-state index contributed by atoms with van der Waals surface area (Å²) in [5.41, 5.74) is 2.80. The van der Waals surface area contributed by atoms with Crippen LogP contribution in [-0.4, -0.2) is 32.1 Å². The first kappa shape index (κ1) is 18.5. The number of esters is 2. The zero-order chi connectivity index (χ0) is 18.4. The van der Waals surface area contributed by atoms with Crippen LogP contribution in [0.4, 0.5) is 5.69 Å². The average molecular weight is 341 g/mol. The van der Waals surface area contributed by atoms with E-state index in [1.807, 2.05) is 31.1 Å². The molecule has 0 atom stereocenters. The molecule has 0 heterocycles. The minimum atomic E-state index is -0.381. The van der Waals surface area contributed by atoms with Gasteiger partial charge in [0.25, 0.3) is 0 Å². The molecular formula is C20H23NO4. The first-order valence-electron chi connectivity index (χ1n) is 8.11. The number of hydrogen-bond donors (Lipinski definition) is 0. The van der Waals surface area contributed by atoms with Gasteiger partial charge in [0.05, 0.1) is 17.2 Å². The molecule has 0 saturated heterocycles. The summed E-state index contributed by atoms with van der Waals surface area (Å²) in [6, 6.07) is 14.0. The Kier molecular flexibility index (Phi) is 6.17. The second-order valence-corrected chi connectivity index (χ2v) is 6.17. The van der Waals surface area contributed by atoms with Gasteiger partial charge in [-0.3, -0.25) is 0 Å². The predicted molar refractivity (Wildman–Crippen MR) is 96.9 cm³/mol. The summed E-state index contributed by atoms with van der Waals surface area (Å²) in [7, 11) is 3.88. The molecule has 0 unspecified atom stereocenters. The van der Waals surface area contributed by atoms with E-state index in [9.17, 15) is 9.59 Å². The van der Waals surface area contributed by atoms with Crippen LogP contribution in [0.25, 0.3) is 0 Å². The van der Waals surface area contributed by atoms with Crippen molar-refractivity contribution < 1.29 is 19.1 Å². The number of benzene rings is 2. The standard InChI is InChI=1S/C20H23NO4/c1-14(2)25-20(23)17-7-5-15(6-8-17)13-24-19(22)16-9-11-18(12-10-16)21(3)4/h5-12,14H,13H2,1-4H3. The van der Waals surface area contributed by atoms with Crippen molar-refractivity contribution >= 4 is 17.6 Å². The largest absolute Gasteiger partial charge is 0.459 e. The van der Waals surface area contributed by atoms with E-state index in [1.54, 1.807) is 50.2 Å². The summed E-state index contributed by atoms with van der Waals surface area (Å²) in [6.45, 7) is 3.75. The highest BCUT2D eigenvalue weighted by atomic mass is 16.5. The number of anilines is 1. The first-order valence-corrected chi connectivity index (χ1v) is 8.11. The molecule has 0 aromatic heterocycles. The molecule has 0 amide bonds. The summed E-state index contributed by atoms with van der Waals surface area (Å²) < 4.78 is 10.4. The maximum atomic E-state index is 12.1. The van der Waals surface area contributed by atoms with Crippen molar-refractivity contribution in [2.45, 2.75) is 26.6 Å². The molecule has 132 valence electrons. The first-order chi connectivity index (χ1) is 11.9. The highest BCUT2D eigenvalue weighted by molar-refractivity contribution is 5.90. The van der Waals surface area contributed by atoms with Crippen LogP contribution in [0.1, 0.15) is 40.1 Å². The molecule has 0 bridgehead atoms. The van der Waals surface area contributed by atoms with Crippen LogP contribution in [0.5, 0.6) is 0 Å². The second kappa shape index (κ2) is 8.33. The Labute approximate surface area is 148 Å². The molecule has 2 aromatic carbocycles. The van der Waals surface area contributed by atoms with Crippen molar-refractivity contribution in [1.82, 2.24) is 0 Å². The number of hydrogen-bond acceptors (Lipinski definition) is 5. The van der Waals surface area contributed by atoms with Gasteiger partial charge >= 0.3 is 11.9 Å². The molecule has 25 heavy (non-hydrogen) atoms. The van der Waals surface area contributed by atoms with E-state index >= 15 is 0 Å². The molecule has 0 N–H and O–H groups in total. The Hall–Kier alpha value is -2.82. The van der Waals surface area contributed by atoms with Gasteiger partial charge in [-0.25, -0.2) is 9.59 Å². The third-order valence-corrected chi connectivity index (χ3v) is 3.52. The van der Waals surface area contributed by atoms with Crippen molar-refractivity contribution in [3.63, 3.8) is 0 Å². The van der Waals surface area contributed by atoms with Crippen molar-refractivity contribution in [2.24, 2.45) is 0 Å². The van der Waals surface area contributed by atoms with Crippen LogP contribution >= 0.6 is 0 Å². The Morgan fingerprint density at radius 2 is 1.40 bits per heavy atom. The van der Waals surface area contributed by atoms with Gasteiger partial charge in [0, 0.05) is 19.8 Å². The van der Waals surface area contributed by atoms with E-state index in [4.69, 9.17) is 9.47 Å². The van der Waals surface area contributed by atoms with Gasteiger partial charge in [-0.1, -0.05) is 12.1 Å². The third-order valence-electron chi connectivity index (χ3n) is 3.52. The molecule has 2 rings (SSSR count). The Balaban J connectivity index is 1.92. The molecule has 2 aromatic rings. The molecule has 5 nitrogen and oxygen atoms in total. The molecule has 0 radical (unpaired) electrons. The lowest BCUT2D eigenvalue weighted by Gasteiger charge is -2.12. The third kappa shape index (κ3) is 5.35. The van der Waals surface area contributed by atoms with E-state index in [0.717, 1.165) is 11.3 Å². The van der Waals surface area contributed by atoms with E-state index in [0.29, 0.717) is 11.1 Å². The van der Waals surface area contributed by atoms with Crippen LogP contribution in [0.15, 0.2) is 48.5 Å². The SMILES string of the molecule is CC(C)OC(=O)c1ccc(COC(=O)c2ccc(N(C)C)cc2)cc1. The van der Waals surface area contributed by atoms with Crippen molar-refractivity contribution in [3.8, 4) is 0 Å². The average Bonchev–Trinajstić information content (AvgIpc) is 2.59. The van der Waals surface area contributed by atoms with Crippen molar-refractivity contribution in [3.05, 3.63) is 65.2 Å². The number of carbonyl (C=O) groups excluding carboxylic acids is 2. The van der Waals surface area contributed by atoms with Gasteiger partial charge in [0.2, 0.25) is 0 Å². The summed E-state index contributed by atoms with van der Waals surface area (Å²) in [5.74, 6) is -0.742. The van der Waals surface area contributed by atoms with E-state index in [2.05, 4.69) is 0 Å². The number of nitrogens with zero attached hydrogens (tertiary/aromatic N) is 1. The van der Waals surface area contributed by atoms with Crippen LogP contribution in [0.2, 0.25) is 0 Å². The topological polar surface area (TPSA) is 55.8 Å². The smallest absolute Gasteiger partial charge is 0.338 e. The minimum absolute atomic E-state index is 0.147. The van der Waals surface area contributed by atoms with Crippen molar-refractivity contribution in [1.29, 1.82) is 0 Å². The molecular weight excluding hydrogens is 318 g/mol. The fraction of sp³-hybridized carbons (Fsp3) is 0.300. The number of rotatable bonds is 6. The fourth-order valence-corrected chi connectivity index (χ4v) is 2.15. The molecule has 5 heteroatoms. The summed E-state index contributed by atoms with van der Waals surface area (Å²) in [6.07, 6.45) is -0.160. The predicted octanol–water partition coefficient (Wildman–Crippen LogP) is 3.67. The molecule has 0 saturated carbocycles. The van der Waals surface area contributed by atoms with Gasteiger partial charge in [-0.05, 0) is 55.8 Å². The molecule has 0 aliphatic heterocycles. The fourth-order valence-electron chi connectivity index (χ4n) is 2.15. The monoisotopic (exact) mass is 341 g/mol. The number of ether oxygens (including phenoxy) is 2. The van der Waals surface area contributed by atoms with Gasteiger partial charge in [0.1, 0.15) is 6.61 Å². The summed E-state index contributed by atoms with van der Waals surface area (Å²) in [5, 5.41) is 0. The molecule has 0 aliphatic rings. The van der Waals surface area contributed by atoms with Crippen LogP contribution in [-0.2, 0) is 16.1 Å². The quantitative estimate of drug-likeness (QED) is 0.750. The molecule has 0 aliphatic carbocycles. The summed E-state index contributed by atoms with van der Waals surface area (Å²) >= 11 is 0. The number of carbonyl (C=O) groups is 2. The van der Waals surface area contributed by atoms with Gasteiger partial charge in [0.15, 0.2) is 0 Å². The van der Waals surface area contributed by atoms with Crippen LogP contribution in [0.3, 0.4) is 0 Å². The van der Waals surface area contributed by atoms with E-state index < -0.39 is 0 Å². The summed E-state index contributed by atoms with van der Waals surface area (Å²) in [4.78, 5) is 25.8. The van der Waals surface area contributed by atoms with E-state index in [1.165, 1.54) is 0 Å². The van der Waals surface area contributed by atoms with Crippen LogP contribution < -0.4 is 4.90 Å². The highest BCUT2D eigenvalue weighted by Gasteiger charge is 2.10. The van der Waals surface area contributed by atoms with Gasteiger partial charge in [-0.15, -0.1) is 0 Å². The zero-order valence-electron chi connectivity index (χ0n) is 15.0. The molecule has 0 fully saturated rings.